The second-order valence-corrected chi connectivity index (χ2v) is 4.84. The van der Waals surface area contributed by atoms with E-state index in [-0.39, 0.29) is 18.8 Å². The van der Waals surface area contributed by atoms with Crippen LogP contribution in [0.15, 0.2) is 24.3 Å². The smallest absolute Gasteiger partial charge is 0.414 e. The van der Waals surface area contributed by atoms with Gasteiger partial charge in [0.25, 0.3) is 0 Å². The molecule has 0 aromatic heterocycles. The molecule has 0 radical (unpaired) electrons. The number of aliphatic hydroxyl groups excluding tert-OH is 1. The Labute approximate surface area is 124 Å². The maximum absolute atomic E-state index is 11.8. The van der Waals surface area contributed by atoms with Crippen molar-refractivity contribution in [3.05, 3.63) is 24.3 Å². The summed E-state index contributed by atoms with van der Waals surface area (Å²) in [5, 5.41) is 8.69. The summed E-state index contributed by atoms with van der Waals surface area (Å²) in [6.07, 6.45) is 0.971. The lowest BCUT2D eigenvalue weighted by molar-refractivity contribution is 0.0718. The molecule has 0 saturated carbocycles. The van der Waals surface area contributed by atoms with Gasteiger partial charge in [-0.15, -0.1) is 0 Å². The number of anilines is 1. The number of nitrogens with zero attached hydrogens (tertiary/aromatic N) is 1. The largest absolute Gasteiger partial charge is 0.494 e. The second kappa shape index (κ2) is 7.85. The van der Waals surface area contributed by atoms with Gasteiger partial charge in [-0.25, -0.2) is 4.79 Å². The molecule has 116 valence electrons. The third-order valence-electron chi connectivity index (χ3n) is 3.20. The minimum atomic E-state index is -0.353. The maximum Gasteiger partial charge on any atom is 0.414 e. The predicted octanol–water partition coefficient (Wildman–Crippen LogP) is 1.81. The average Bonchev–Trinajstić information content (AvgIpc) is 2.85. The molecule has 1 fully saturated rings. The summed E-state index contributed by atoms with van der Waals surface area (Å²) >= 11 is 0. The lowest BCUT2D eigenvalue weighted by Crippen LogP contribution is -2.25. The lowest BCUT2D eigenvalue weighted by atomic mass is 10.2. The normalized spacial score (nSPS) is 17.9. The van der Waals surface area contributed by atoms with Crippen molar-refractivity contribution in [2.75, 3.05) is 38.4 Å². The Bertz CT molecular complexity index is 448. The number of ether oxygens (including phenoxy) is 3. The number of unbranched alkanes of at least 4 members (excludes halogenated alkanes) is 1. The summed E-state index contributed by atoms with van der Waals surface area (Å²) in [4.78, 5) is 13.4. The van der Waals surface area contributed by atoms with Crippen LogP contribution in [-0.2, 0) is 9.47 Å². The molecule has 0 aliphatic carbocycles. The third-order valence-corrected chi connectivity index (χ3v) is 3.20. The molecule has 1 heterocycles. The first kappa shape index (κ1) is 15.6. The van der Waals surface area contributed by atoms with E-state index in [0.717, 1.165) is 24.3 Å². The van der Waals surface area contributed by atoms with Crippen molar-refractivity contribution in [1.29, 1.82) is 0 Å². The highest BCUT2D eigenvalue weighted by atomic mass is 16.6. The summed E-state index contributed by atoms with van der Waals surface area (Å²) < 4.78 is 15.7. The minimum absolute atomic E-state index is 0.183. The highest BCUT2D eigenvalue weighted by molar-refractivity contribution is 5.89. The van der Waals surface area contributed by atoms with Gasteiger partial charge in [-0.3, -0.25) is 4.90 Å². The Morgan fingerprint density at radius 1 is 1.33 bits per heavy atom. The van der Waals surface area contributed by atoms with Crippen LogP contribution in [0.1, 0.15) is 12.8 Å². The van der Waals surface area contributed by atoms with Crippen LogP contribution < -0.4 is 9.64 Å². The molecule has 6 nitrogen and oxygen atoms in total. The van der Waals surface area contributed by atoms with Crippen molar-refractivity contribution >= 4 is 11.8 Å². The van der Waals surface area contributed by atoms with Crippen LogP contribution in [0.3, 0.4) is 0 Å². The number of rotatable bonds is 8. The molecule has 1 aliphatic heterocycles. The molecule has 21 heavy (non-hydrogen) atoms. The lowest BCUT2D eigenvalue weighted by Gasteiger charge is -2.13. The zero-order chi connectivity index (χ0) is 15.1. The monoisotopic (exact) mass is 295 g/mol. The maximum atomic E-state index is 11.8. The van der Waals surface area contributed by atoms with E-state index in [0.29, 0.717) is 19.8 Å². The van der Waals surface area contributed by atoms with E-state index >= 15 is 0 Å². The molecule has 0 spiro atoms. The Hall–Kier alpha value is -1.79. The quantitative estimate of drug-likeness (QED) is 0.741. The first-order chi connectivity index (χ1) is 10.2. The van der Waals surface area contributed by atoms with E-state index in [4.69, 9.17) is 19.3 Å². The zero-order valence-electron chi connectivity index (χ0n) is 12.2. The van der Waals surface area contributed by atoms with Crippen molar-refractivity contribution < 1.29 is 24.1 Å². The first-order valence-electron chi connectivity index (χ1n) is 7.05. The molecule has 1 aromatic rings. The summed E-state index contributed by atoms with van der Waals surface area (Å²) in [5.41, 5.74) is 0.779. The molecule has 1 amide bonds. The van der Waals surface area contributed by atoms with Crippen molar-refractivity contribution in [1.82, 2.24) is 0 Å². The molecular formula is C15H21NO5. The van der Waals surface area contributed by atoms with Crippen LogP contribution in [0.5, 0.6) is 5.75 Å². The van der Waals surface area contributed by atoms with Crippen LogP contribution in [0.4, 0.5) is 10.5 Å². The van der Waals surface area contributed by atoms with E-state index < -0.39 is 0 Å². The molecule has 1 atom stereocenters. The number of cyclic esters (lactones) is 1. The Morgan fingerprint density at radius 3 is 2.76 bits per heavy atom. The molecular weight excluding hydrogens is 274 g/mol. The number of hydrogen-bond acceptors (Lipinski definition) is 5. The molecule has 1 aromatic carbocycles. The standard InChI is InChI=1S/C15H21NO5/c1-19-11-14-10-16(15(18)21-14)12-4-6-13(7-5-12)20-9-3-2-8-17/h4-7,14,17H,2-3,8-11H2,1H3/t14-/m1/s1. The first-order valence-corrected chi connectivity index (χ1v) is 7.05. The summed E-state index contributed by atoms with van der Waals surface area (Å²) in [7, 11) is 1.58. The van der Waals surface area contributed by atoms with Gasteiger partial charge in [-0.1, -0.05) is 0 Å². The van der Waals surface area contributed by atoms with Crippen molar-refractivity contribution in [3.8, 4) is 5.75 Å². The van der Waals surface area contributed by atoms with E-state index in [1.165, 1.54) is 0 Å². The molecule has 1 aliphatic rings. The second-order valence-electron chi connectivity index (χ2n) is 4.84. The van der Waals surface area contributed by atoms with Gasteiger partial charge < -0.3 is 19.3 Å². The highest BCUT2D eigenvalue weighted by Crippen LogP contribution is 2.24. The van der Waals surface area contributed by atoms with Gasteiger partial charge in [0, 0.05) is 19.4 Å². The zero-order valence-corrected chi connectivity index (χ0v) is 12.2. The summed E-state index contributed by atoms with van der Waals surface area (Å²) in [5.74, 6) is 0.748. The molecule has 1 N–H and O–H groups in total. The van der Waals surface area contributed by atoms with Crippen LogP contribution in [0.25, 0.3) is 0 Å². The molecule has 1 saturated heterocycles. The van der Waals surface area contributed by atoms with Gasteiger partial charge >= 0.3 is 6.09 Å². The van der Waals surface area contributed by atoms with Crippen LogP contribution >= 0.6 is 0 Å². The number of hydrogen-bond donors (Lipinski definition) is 1. The summed E-state index contributed by atoms with van der Waals surface area (Å²) in [6, 6.07) is 7.31. The topological polar surface area (TPSA) is 68.2 Å². The fourth-order valence-corrected chi connectivity index (χ4v) is 2.13. The fourth-order valence-electron chi connectivity index (χ4n) is 2.13. The SMILES string of the molecule is COC[C@H]1CN(c2ccc(OCCCCO)cc2)C(=O)O1. The number of carbonyl (C=O) groups is 1. The van der Waals surface area contributed by atoms with E-state index in [9.17, 15) is 4.79 Å². The van der Waals surface area contributed by atoms with Gasteiger partial charge in [0.2, 0.25) is 0 Å². The number of carbonyl (C=O) groups excluding carboxylic acids is 1. The molecule has 0 bridgehead atoms. The fraction of sp³-hybridized carbons (Fsp3) is 0.533. The average molecular weight is 295 g/mol. The Morgan fingerprint density at radius 2 is 2.10 bits per heavy atom. The molecule has 2 rings (SSSR count). The highest BCUT2D eigenvalue weighted by Gasteiger charge is 2.32. The van der Waals surface area contributed by atoms with Gasteiger partial charge in [-0.05, 0) is 37.1 Å². The van der Waals surface area contributed by atoms with E-state index in [2.05, 4.69) is 0 Å². The van der Waals surface area contributed by atoms with Gasteiger partial charge in [0.15, 0.2) is 0 Å². The van der Waals surface area contributed by atoms with Crippen molar-refractivity contribution in [2.45, 2.75) is 18.9 Å². The van der Waals surface area contributed by atoms with Crippen LogP contribution in [0, 0.1) is 0 Å². The van der Waals surface area contributed by atoms with Crippen molar-refractivity contribution in [2.24, 2.45) is 0 Å². The van der Waals surface area contributed by atoms with E-state index in [1.54, 1.807) is 12.0 Å². The Kier molecular flexibility index (Phi) is 5.83. The van der Waals surface area contributed by atoms with Gasteiger partial charge in [0.05, 0.1) is 19.8 Å². The number of aliphatic hydroxyl groups is 1. The third kappa shape index (κ3) is 4.34. The van der Waals surface area contributed by atoms with Gasteiger partial charge in [-0.2, -0.15) is 0 Å². The van der Waals surface area contributed by atoms with Crippen LogP contribution in [-0.4, -0.2) is 50.8 Å². The number of methoxy groups -OCH3 is 1. The van der Waals surface area contributed by atoms with Crippen LogP contribution in [0.2, 0.25) is 0 Å². The predicted molar refractivity (Wildman–Crippen MR) is 77.7 cm³/mol. The van der Waals surface area contributed by atoms with E-state index in [1.807, 2.05) is 24.3 Å². The summed E-state index contributed by atoms with van der Waals surface area (Å²) in [6.45, 7) is 1.64. The number of benzene rings is 1. The van der Waals surface area contributed by atoms with Gasteiger partial charge in [0.1, 0.15) is 11.9 Å². The Balaban J connectivity index is 1.88. The molecule has 0 unspecified atom stereocenters. The van der Waals surface area contributed by atoms with Crippen molar-refractivity contribution in [3.63, 3.8) is 0 Å². The minimum Gasteiger partial charge on any atom is -0.494 e. The molecule has 6 heteroatoms. The number of amides is 1.